The number of fused-ring (bicyclic) bond motifs is 2. The first-order valence-corrected chi connectivity index (χ1v) is 5.68. The van der Waals surface area contributed by atoms with E-state index in [-0.39, 0.29) is 0 Å². The van der Waals surface area contributed by atoms with Crippen molar-refractivity contribution in [2.24, 2.45) is 0 Å². The van der Waals surface area contributed by atoms with Crippen molar-refractivity contribution in [2.45, 2.75) is 48.7 Å². The average Bonchev–Trinajstić information content (AvgIpc) is 2.31. The molecule has 1 nitrogen and oxygen atoms in total. The molecule has 2 bridgehead atoms. The summed E-state index contributed by atoms with van der Waals surface area (Å²) in [6, 6.07) is 0. The molecule has 0 spiro atoms. The second-order valence-electron chi connectivity index (χ2n) is 3.97. The van der Waals surface area contributed by atoms with Crippen molar-refractivity contribution in [3.8, 4) is 0 Å². The predicted octanol–water partition coefficient (Wildman–Crippen LogP) is 2.35. The fraction of sp³-hybridized carbons (Fsp3) is 0.800. The number of thioether (sulfide) groups is 1. The summed E-state index contributed by atoms with van der Waals surface area (Å²) in [5.74, 6) is 0. The van der Waals surface area contributed by atoms with Crippen molar-refractivity contribution >= 4 is 11.8 Å². The van der Waals surface area contributed by atoms with E-state index in [0.717, 1.165) is 23.3 Å². The molecule has 2 atom stereocenters. The molecule has 2 rings (SSSR count). The molecule has 12 heavy (non-hydrogen) atoms. The highest BCUT2D eigenvalue weighted by Crippen LogP contribution is 2.47. The van der Waals surface area contributed by atoms with Gasteiger partial charge in [-0.2, -0.15) is 11.8 Å². The van der Waals surface area contributed by atoms with Crippen LogP contribution < -0.4 is 0 Å². The van der Waals surface area contributed by atoms with Crippen LogP contribution in [0.25, 0.3) is 0 Å². The van der Waals surface area contributed by atoms with Crippen molar-refractivity contribution in [2.75, 3.05) is 0 Å². The largest absolute Gasteiger partial charge is 0.386 e. The standard InChI is InChI=1S/C10H16OS/c1-2-5-10(11)6-8-3-4-9(7-10)12-8/h2,5,8-9,11H,3-4,6-7H2,1H3/b5-2-. The first kappa shape index (κ1) is 8.64. The van der Waals surface area contributed by atoms with Crippen molar-refractivity contribution < 1.29 is 5.11 Å². The van der Waals surface area contributed by atoms with Gasteiger partial charge in [-0.15, -0.1) is 0 Å². The van der Waals surface area contributed by atoms with E-state index in [1.807, 2.05) is 19.1 Å². The molecule has 2 aliphatic rings. The van der Waals surface area contributed by atoms with E-state index < -0.39 is 5.60 Å². The third-order valence-corrected chi connectivity index (χ3v) is 4.41. The maximum Gasteiger partial charge on any atom is 0.0848 e. The lowest BCUT2D eigenvalue weighted by atomic mass is 9.93. The second kappa shape index (κ2) is 3.08. The highest BCUT2D eigenvalue weighted by atomic mass is 32.2. The van der Waals surface area contributed by atoms with Gasteiger partial charge in [-0.05, 0) is 32.6 Å². The van der Waals surface area contributed by atoms with E-state index in [4.69, 9.17) is 0 Å². The Morgan fingerprint density at radius 3 is 2.42 bits per heavy atom. The Kier molecular flexibility index (Phi) is 2.21. The van der Waals surface area contributed by atoms with Gasteiger partial charge in [0.2, 0.25) is 0 Å². The molecule has 68 valence electrons. The van der Waals surface area contributed by atoms with Crippen LogP contribution in [-0.2, 0) is 0 Å². The van der Waals surface area contributed by atoms with E-state index in [2.05, 4.69) is 11.8 Å². The van der Waals surface area contributed by atoms with E-state index in [1.165, 1.54) is 12.8 Å². The molecule has 0 aromatic carbocycles. The van der Waals surface area contributed by atoms with Crippen LogP contribution in [0.3, 0.4) is 0 Å². The second-order valence-corrected chi connectivity index (χ2v) is 5.57. The number of aliphatic hydroxyl groups is 1. The van der Waals surface area contributed by atoms with Gasteiger partial charge >= 0.3 is 0 Å². The maximum absolute atomic E-state index is 10.2. The van der Waals surface area contributed by atoms with Gasteiger partial charge in [0.15, 0.2) is 0 Å². The Labute approximate surface area is 78.2 Å². The minimum absolute atomic E-state index is 0.466. The van der Waals surface area contributed by atoms with E-state index in [1.54, 1.807) is 0 Å². The molecule has 1 N–H and O–H groups in total. The highest BCUT2D eigenvalue weighted by Gasteiger charge is 2.41. The van der Waals surface area contributed by atoms with E-state index in [0.29, 0.717) is 0 Å². The lowest BCUT2D eigenvalue weighted by Gasteiger charge is -2.33. The molecule has 2 aliphatic heterocycles. The first-order valence-electron chi connectivity index (χ1n) is 4.73. The third kappa shape index (κ3) is 1.55. The van der Waals surface area contributed by atoms with E-state index >= 15 is 0 Å². The summed E-state index contributed by atoms with van der Waals surface area (Å²) >= 11 is 2.09. The lowest BCUT2D eigenvalue weighted by molar-refractivity contribution is 0.0734. The van der Waals surface area contributed by atoms with Gasteiger partial charge in [-0.25, -0.2) is 0 Å². The van der Waals surface area contributed by atoms with Gasteiger partial charge in [0.1, 0.15) is 0 Å². The molecule has 0 aromatic heterocycles. The summed E-state index contributed by atoms with van der Waals surface area (Å²) in [6.07, 6.45) is 8.54. The molecule has 2 heteroatoms. The number of hydrogen-bond acceptors (Lipinski definition) is 2. The predicted molar refractivity (Wildman–Crippen MR) is 53.4 cm³/mol. The molecule has 0 aliphatic carbocycles. The van der Waals surface area contributed by atoms with Crippen molar-refractivity contribution in [1.29, 1.82) is 0 Å². The lowest BCUT2D eigenvalue weighted by Crippen LogP contribution is -2.35. The SMILES string of the molecule is C/C=C\C1(O)CC2CCC(C1)S2. The average molecular weight is 184 g/mol. The van der Waals surface area contributed by atoms with Crippen LogP contribution in [0.15, 0.2) is 12.2 Å². The molecule has 2 heterocycles. The van der Waals surface area contributed by atoms with Crippen LogP contribution in [0.5, 0.6) is 0 Å². The van der Waals surface area contributed by atoms with Crippen LogP contribution in [-0.4, -0.2) is 21.2 Å². The van der Waals surface area contributed by atoms with Crippen molar-refractivity contribution in [1.82, 2.24) is 0 Å². The molecule has 0 saturated carbocycles. The zero-order valence-corrected chi connectivity index (χ0v) is 8.31. The minimum Gasteiger partial charge on any atom is -0.386 e. The molecular formula is C10H16OS. The molecule has 0 aromatic rings. The fourth-order valence-electron chi connectivity index (χ4n) is 2.40. The first-order chi connectivity index (χ1) is 5.72. The normalized spacial score (nSPS) is 47.2. The number of hydrogen-bond donors (Lipinski definition) is 1. The van der Waals surface area contributed by atoms with E-state index in [9.17, 15) is 5.11 Å². The van der Waals surface area contributed by atoms with Gasteiger partial charge in [-0.3, -0.25) is 0 Å². The minimum atomic E-state index is -0.466. The molecule has 0 amide bonds. The molecule has 2 saturated heterocycles. The molecule has 0 radical (unpaired) electrons. The van der Waals surface area contributed by atoms with Crippen LogP contribution >= 0.6 is 11.8 Å². The third-order valence-electron chi connectivity index (χ3n) is 2.83. The quantitative estimate of drug-likeness (QED) is 0.631. The molecule has 2 unspecified atom stereocenters. The Bertz CT molecular complexity index is 188. The topological polar surface area (TPSA) is 20.2 Å². The Morgan fingerprint density at radius 2 is 1.92 bits per heavy atom. The van der Waals surface area contributed by atoms with Gasteiger partial charge in [0.05, 0.1) is 5.60 Å². The summed E-state index contributed by atoms with van der Waals surface area (Å²) in [6.45, 7) is 1.99. The van der Waals surface area contributed by atoms with Gasteiger partial charge in [-0.1, -0.05) is 12.2 Å². The van der Waals surface area contributed by atoms with Gasteiger partial charge in [0.25, 0.3) is 0 Å². The summed E-state index contributed by atoms with van der Waals surface area (Å²) in [7, 11) is 0. The number of allylic oxidation sites excluding steroid dienone is 1. The Morgan fingerprint density at radius 1 is 1.33 bits per heavy atom. The Balaban J connectivity index is 2.10. The summed E-state index contributed by atoms with van der Waals surface area (Å²) < 4.78 is 0. The smallest absolute Gasteiger partial charge is 0.0848 e. The van der Waals surface area contributed by atoms with Crippen LogP contribution in [0, 0.1) is 0 Å². The number of rotatable bonds is 1. The highest BCUT2D eigenvalue weighted by molar-refractivity contribution is 8.00. The monoisotopic (exact) mass is 184 g/mol. The van der Waals surface area contributed by atoms with Gasteiger partial charge < -0.3 is 5.11 Å². The van der Waals surface area contributed by atoms with Crippen molar-refractivity contribution in [3.63, 3.8) is 0 Å². The zero-order chi connectivity index (χ0) is 8.60. The molecule has 2 fully saturated rings. The van der Waals surface area contributed by atoms with Crippen LogP contribution in [0.1, 0.15) is 32.6 Å². The maximum atomic E-state index is 10.2. The zero-order valence-electron chi connectivity index (χ0n) is 7.49. The van der Waals surface area contributed by atoms with Crippen molar-refractivity contribution in [3.05, 3.63) is 12.2 Å². The van der Waals surface area contributed by atoms with Crippen LogP contribution in [0.2, 0.25) is 0 Å². The summed E-state index contributed by atoms with van der Waals surface area (Å²) in [4.78, 5) is 0. The summed E-state index contributed by atoms with van der Waals surface area (Å²) in [5, 5.41) is 11.6. The molecular weight excluding hydrogens is 168 g/mol. The summed E-state index contributed by atoms with van der Waals surface area (Å²) in [5.41, 5.74) is -0.466. The Hall–Kier alpha value is 0.0500. The van der Waals surface area contributed by atoms with Gasteiger partial charge in [0, 0.05) is 10.5 Å². The van der Waals surface area contributed by atoms with Crippen LogP contribution in [0.4, 0.5) is 0 Å². The fourth-order valence-corrected chi connectivity index (χ4v) is 4.26.